The van der Waals surface area contributed by atoms with Crippen molar-refractivity contribution in [2.45, 2.75) is 6.10 Å². The Kier molecular flexibility index (Phi) is 6.17. The lowest BCUT2D eigenvalue weighted by molar-refractivity contribution is 0.0322. The minimum atomic E-state index is -1.14. The number of aliphatic hydroxyl groups excluding tert-OH is 1. The van der Waals surface area contributed by atoms with E-state index < -0.39 is 6.10 Å². The zero-order valence-electron chi connectivity index (χ0n) is 14.1. The van der Waals surface area contributed by atoms with Crippen molar-refractivity contribution in [3.8, 4) is 5.75 Å². The maximum atomic E-state index is 12.4. The zero-order valence-corrected chi connectivity index (χ0v) is 14.1. The molecule has 0 aliphatic carbocycles. The molecular weight excluding hydrogens is 318 g/mol. The molecule has 0 aromatic heterocycles. The van der Waals surface area contributed by atoms with Gasteiger partial charge < -0.3 is 14.6 Å². The van der Waals surface area contributed by atoms with E-state index in [-0.39, 0.29) is 5.78 Å². The first kappa shape index (κ1) is 17.6. The summed E-state index contributed by atoms with van der Waals surface area (Å²) in [7, 11) is 0. The van der Waals surface area contributed by atoms with Crippen LogP contribution in [-0.4, -0.2) is 55.2 Å². The van der Waals surface area contributed by atoms with Crippen LogP contribution in [-0.2, 0) is 4.74 Å². The summed E-state index contributed by atoms with van der Waals surface area (Å²) in [5.41, 5.74) is 1.07. The van der Waals surface area contributed by atoms with Crippen LogP contribution in [0.15, 0.2) is 54.6 Å². The number of hydrogen-bond donors (Lipinski definition) is 1. The number of carbonyl (C=O) groups excluding carboxylic acids is 1. The number of ether oxygens (including phenoxy) is 2. The molecule has 3 rings (SSSR count). The molecule has 1 atom stereocenters. The van der Waals surface area contributed by atoms with Gasteiger partial charge in [0.05, 0.1) is 13.2 Å². The van der Waals surface area contributed by atoms with Gasteiger partial charge in [-0.15, -0.1) is 0 Å². The van der Waals surface area contributed by atoms with E-state index >= 15 is 0 Å². The molecule has 1 heterocycles. The fourth-order valence-electron chi connectivity index (χ4n) is 2.78. The summed E-state index contributed by atoms with van der Waals surface area (Å²) < 4.78 is 11.0. The molecule has 5 heteroatoms. The summed E-state index contributed by atoms with van der Waals surface area (Å²) in [5.74, 6) is 0.407. The topological polar surface area (TPSA) is 59.0 Å². The van der Waals surface area contributed by atoms with Crippen molar-refractivity contribution in [2.75, 3.05) is 39.5 Å². The molecule has 2 aromatic carbocycles. The van der Waals surface area contributed by atoms with Crippen LogP contribution in [0.3, 0.4) is 0 Å². The summed E-state index contributed by atoms with van der Waals surface area (Å²) in [6.07, 6.45) is -1.14. The van der Waals surface area contributed by atoms with Crippen molar-refractivity contribution >= 4 is 5.78 Å². The third-order valence-electron chi connectivity index (χ3n) is 4.28. The Labute approximate surface area is 147 Å². The minimum Gasteiger partial charge on any atom is -0.492 e. The maximum Gasteiger partial charge on any atom is 0.195 e. The lowest BCUT2D eigenvalue weighted by atomic mass is 10.00. The van der Waals surface area contributed by atoms with E-state index in [9.17, 15) is 9.90 Å². The molecule has 1 N–H and O–H groups in total. The molecular formula is C20H23NO4. The first-order chi connectivity index (χ1) is 12.2. The van der Waals surface area contributed by atoms with Gasteiger partial charge in [-0.2, -0.15) is 0 Å². The molecule has 1 aliphatic rings. The van der Waals surface area contributed by atoms with Crippen LogP contribution in [0.5, 0.6) is 5.75 Å². The second kappa shape index (κ2) is 8.76. The second-order valence-corrected chi connectivity index (χ2v) is 6.00. The highest BCUT2D eigenvalue weighted by atomic mass is 16.5. The third kappa shape index (κ3) is 4.89. The Morgan fingerprint density at radius 3 is 2.44 bits per heavy atom. The standard InChI is InChI=1S/C20H23NO4/c22-19(16-4-2-1-3-5-16)20(23)17-6-8-18(9-7-17)25-15-12-21-10-13-24-14-11-21/h1-9,19,22H,10-15H2. The molecule has 1 unspecified atom stereocenters. The lowest BCUT2D eigenvalue weighted by Crippen LogP contribution is -2.38. The number of nitrogens with zero attached hydrogens (tertiary/aromatic N) is 1. The van der Waals surface area contributed by atoms with E-state index in [0.29, 0.717) is 17.7 Å². The van der Waals surface area contributed by atoms with Crippen molar-refractivity contribution in [3.05, 3.63) is 65.7 Å². The number of morpholine rings is 1. The summed E-state index contributed by atoms with van der Waals surface area (Å²) >= 11 is 0. The summed E-state index contributed by atoms with van der Waals surface area (Å²) in [6.45, 7) is 4.89. The predicted molar refractivity (Wildman–Crippen MR) is 94.9 cm³/mol. The van der Waals surface area contributed by atoms with Crippen LogP contribution in [0.1, 0.15) is 22.0 Å². The molecule has 0 saturated carbocycles. The minimum absolute atomic E-state index is 0.314. The predicted octanol–water partition coefficient (Wildman–Crippen LogP) is 2.31. The molecule has 1 fully saturated rings. The van der Waals surface area contributed by atoms with E-state index in [2.05, 4.69) is 4.90 Å². The summed E-state index contributed by atoms with van der Waals surface area (Å²) in [5, 5.41) is 10.2. The molecule has 0 spiro atoms. The van der Waals surface area contributed by atoms with Crippen LogP contribution < -0.4 is 4.74 Å². The Morgan fingerprint density at radius 2 is 1.76 bits per heavy atom. The quantitative estimate of drug-likeness (QED) is 0.783. The lowest BCUT2D eigenvalue weighted by Gasteiger charge is -2.26. The molecule has 1 aliphatic heterocycles. The number of benzene rings is 2. The Balaban J connectivity index is 1.52. The van der Waals surface area contributed by atoms with Crippen molar-refractivity contribution in [2.24, 2.45) is 0 Å². The fraction of sp³-hybridized carbons (Fsp3) is 0.350. The monoisotopic (exact) mass is 341 g/mol. The first-order valence-corrected chi connectivity index (χ1v) is 8.54. The largest absolute Gasteiger partial charge is 0.492 e. The highest BCUT2D eigenvalue weighted by Crippen LogP contribution is 2.20. The van der Waals surface area contributed by atoms with Gasteiger partial charge in [-0.05, 0) is 29.8 Å². The van der Waals surface area contributed by atoms with Crippen LogP contribution in [0.4, 0.5) is 0 Å². The zero-order chi connectivity index (χ0) is 17.5. The van der Waals surface area contributed by atoms with Crippen LogP contribution in [0.25, 0.3) is 0 Å². The van der Waals surface area contributed by atoms with Gasteiger partial charge in [0.1, 0.15) is 18.5 Å². The number of Topliss-reactive ketones (excluding diaryl/α,β-unsaturated/α-hetero) is 1. The van der Waals surface area contributed by atoms with Crippen molar-refractivity contribution < 1.29 is 19.4 Å². The van der Waals surface area contributed by atoms with Gasteiger partial charge in [-0.25, -0.2) is 0 Å². The first-order valence-electron chi connectivity index (χ1n) is 8.54. The van der Waals surface area contributed by atoms with E-state index in [1.54, 1.807) is 48.5 Å². The van der Waals surface area contributed by atoms with Crippen LogP contribution in [0.2, 0.25) is 0 Å². The van der Waals surface area contributed by atoms with E-state index in [1.807, 2.05) is 6.07 Å². The third-order valence-corrected chi connectivity index (χ3v) is 4.28. The molecule has 5 nitrogen and oxygen atoms in total. The highest BCUT2D eigenvalue weighted by Gasteiger charge is 2.18. The number of carbonyl (C=O) groups is 1. The maximum absolute atomic E-state index is 12.4. The average Bonchev–Trinajstić information content (AvgIpc) is 2.69. The van der Waals surface area contributed by atoms with Gasteiger partial charge in [0.2, 0.25) is 0 Å². The number of aliphatic hydroxyl groups is 1. The van der Waals surface area contributed by atoms with Gasteiger partial charge in [-0.3, -0.25) is 9.69 Å². The fourth-order valence-corrected chi connectivity index (χ4v) is 2.78. The average molecular weight is 341 g/mol. The van der Waals surface area contributed by atoms with Crippen molar-refractivity contribution in [1.82, 2.24) is 4.90 Å². The molecule has 25 heavy (non-hydrogen) atoms. The summed E-state index contributed by atoms with van der Waals surface area (Å²) in [6, 6.07) is 15.9. The summed E-state index contributed by atoms with van der Waals surface area (Å²) in [4.78, 5) is 14.7. The van der Waals surface area contributed by atoms with Gasteiger partial charge in [0, 0.05) is 25.2 Å². The Bertz CT molecular complexity index is 666. The SMILES string of the molecule is O=C(c1ccc(OCCN2CCOCC2)cc1)C(O)c1ccccc1. The van der Waals surface area contributed by atoms with Crippen molar-refractivity contribution in [3.63, 3.8) is 0 Å². The van der Waals surface area contributed by atoms with Gasteiger partial charge in [-0.1, -0.05) is 30.3 Å². The Morgan fingerprint density at radius 1 is 1.08 bits per heavy atom. The van der Waals surface area contributed by atoms with E-state index in [1.165, 1.54) is 0 Å². The van der Waals surface area contributed by atoms with E-state index in [4.69, 9.17) is 9.47 Å². The molecule has 2 aromatic rings. The number of hydrogen-bond acceptors (Lipinski definition) is 5. The van der Waals surface area contributed by atoms with Crippen LogP contribution in [0, 0.1) is 0 Å². The smallest absolute Gasteiger partial charge is 0.195 e. The molecule has 0 amide bonds. The van der Waals surface area contributed by atoms with Gasteiger partial charge in [0.25, 0.3) is 0 Å². The van der Waals surface area contributed by atoms with Crippen LogP contribution >= 0.6 is 0 Å². The van der Waals surface area contributed by atoms with Gasteiger partial charge in [0.15, 0.2) is 5.78 Å². The Hall–Kier alpha value is -2.21. The number of ketones is 1. The molecule has 0 bridgehead atoms. The molecule has 0 radical (unpaired) electrons. The number of rotatable bonds is 7. The molecule has 1 saturated heterocycles. The second-order valence-electron chi connectivity index (χ2n) is 6.00. The normalized spacial score (nSPS) is 16.4. The van der Waals surface area contributed by atoms with E-state index in [0.717, 1.165) is 38.6 Å². The molecule has 132 valence electrons. The van der Waals surface area contributed by atoms with Gasteiger partial charge >= 0.3 is 0 Å². The highest BCUT2D eigenvalue weighted by molar-refractivity contribution is 5.99. The van der Waals surface area contributed by atoms with Crippen molar-refractivity contribution in [1.29, 1.82) is 0 Å².